The van der Waals surface area contributed by atoms with Gasteiger partial charge in [-0.3, -0.25) is 5.41 Å². The van der Waals surface area contributed by atoms with Gasteiger partial charge in [-0.05, 0) is 12.8 Å². The summed E-state index contributed by atoms with van der Waals surface area (Å²) in [4.78, 5) is 7.73. The number of aromatic nitrogens is 1. The van der Waals surface area contributed by atoms with Gasteiger partial charge in [0.05, 0.1) is 5.84 Å². The van der Waals surface area contributed by atoms with Crippen LogP contribution in [0.5, 0.6) is 0 Å². The van der Waals surface area contributed by atoms with Crippen LogP contribution in [0.4, 0.5) is 5.13 Å². The van der Waals surface area contributed by atoms with Crippen molar-refractivity contribution in [2.45, 2.75) is 19.3 Å². The van der Waals surface area contributed by atoms with E-state index in [1.54, 1.807) is 11.3 Å². The molecule has 1 aromatic rings. The minimum atomic E-state index is 0.210. The van der Waals surface area contributed by atoms with Crippen molar-refractivity contribution in [3.05, 3.63) is 11.1 Å². The molecule has 0 saturated carbocycles. The molecule has 1 saturated heterocycles. The average molecular weight is 210 g/mol. The number of rotatable bonds is 3. The lowest BCUT2D eigenvalue weighted by Crippen LogP contribution is -2.16. The fourth-order valence-electron chi connectivity index (χ4n) is 1.62. The van der Waals surface area contributed by atoms with E-state index >= 15 is 0 Å². The van der Waals surface area contributed by atoms with E-state index < -0.39 is 0 Å². The maximum Gasteiger partial charge on any atom is 0.185 e. The van der Waals surface area contributed by atoms with Gasteiger partial charge in [0.1, 0.15) is 0 Å². The van der Waals surface area contributed by atoms with E-state index in [1.165, 1.54) is 12.8 Å². The highest BCUT2D eigenvalue weighted by molar-refractivity contribution is 7.15. The number of amidine groups is 1. The molecule has 1 aromatic heterocycles. The fraction of sp³-hybridized carbons (Fsp3) is 0.556. The van der Waals surface area contributed by atoms with Gasteiger partial charge in [-0.25, -0.2) is 4.98 Å². The van der Waals surface area contributed by atoms with Crippen molar-refractivity contribution >= 4 is 22.3 Å². The van der Waals surface area contributed by atoms with Gasteiger partial charge in [0.25, 0.3) is 0 Å². The van der Waals surface area contributed by atoms with Crippen molar-refractivity contribution in [3.8, 4) is 0 Å². The lowest BCUT2D eigenvalue weighted by Gasteiger charge is -2.11. The predicted molar refractivity (Wildman–Crippen MR) is 59.2 cm³/mol. The van der Waals surface area contributed by atoms with Crippen molar-refractivity contribution in [1.29, 1.82) is 5.41 Å². The van der Waals surface area contributed by atoms with Gasteiger partial charge in [-0.15, -0.1) is 11.3 Å². The fourth-order valence-corrected chi connectivity index (χ4v) is 2.61. The monoisotopic (exact) mass is 210 g/mol. The SMILES string of the molecule is N=C(N)Cc1cnc(N2CCCC2)s1. The minimum Gasteiger partial charge on any atom is -0.387 e. The molecule has 0 bridgehead atoms. The Balaban J connectivity index is 2.05. The Bertz CT molecular complexity index is 327. The van der Waals surface area contributed by atoms with Crippen molar-refractivity contribution in [1.82, 2.24) is 4.98 Å². The zero-order chi connectivity index (χ0) is 9.97. The standard InChI is InChI=1S/C9H14N4S/c10-8(11)5-7-6-12-9(14-7)13-3-1-2-4-13/h6H,1-5H2,(H3,10,11). The van der Waals surface area contributed by atoms with Crippen LogP contribution in [-0.2, 0) is 6.42 Å². The highest BCUT2D eigenvalue weighted by atomic mass is 32.1. The number of thiazole rings is 1. The third kappa shape index (κ3) is 2.04. The Morgan fingerprint density at radius 1 is 1.57 bits per heavy atom. The Kier molecular flexibility index (Phi) is 2.67. The molecule has 1 aliphatic rings. The molecule has 76 valence electrons. The third-order valence-corrected chi connectivity index (χ3v) is 3.34. The molecule has 1 fully saturated rings. The lowest BCUT2D eigenvalue weighted by molar-refractivity contribution is 0.949. The van der Waals surface area contributed by atoms with E-state index in [0.29, 0.717) is 6.42 Å². The number of hydrogen-bond donors (Lipinski definition) is 2. The van der Waals surface area contributed by atoms with Crippen LogP contribution in [-0.4, -0.2) is 23.9 Å². The summed E-state index contributed by atoms with van der Waals surface area (Å²) in [6, 6.07) is 0. The van der Waals surface area contributed by atoms with Crippen LogP contribution in [0.1, 0.15) is 17.7 Å². The molecule has 2 rings (SSSR count). The molecule has 2 heterocycles. The van der Waals surface area contributed by atoms with E-state index in [1.807, 2.05) is 6.20 Å². The number of nitrogens with one attached hydrogen (secondary N) is 1. The summed E-state index contributed by atoms with van der Waals surface area (Å²) < 4.78 is 0. The number of nitrogens with two attached hydrogens (primary N) is 1. The average Bonchev–Trinajstić information content (AvgIpc) is 2.69. The molecule has 14 heavy (non-hydrogen) atoms. The molecule has 0 spiro atoms. The van der Waals surface area contributed by atoms with Crippen molar-refractivity contribution in [2.24, 2.45) is 5.73 Å². The molecule has 0 amide bonds. The molecule has 3 N–H and O–H groups in total. The van der Waals surface area contributed by atoms with E-state index in [-0.39, 0.29) is 5.84 Å². The molecule has 0 unspecified atom stereocenters. The highest BCUT2D eigenvalue weighted by Crippen LogP contribution is 2.25. The van der Waals surface area contributed by atoms with Crippen LogP contribution < -0.4 is 10.6 Å². The normalized spacial score (nSPS) is 16.1. The van der Waals surface area contributed by atoms with Crippen LogP contribution in [0.25, 0.3) is 0 Å². The van der Waals surface area contributed by atoms with E-state index in [0.717, 1.165) is 23.1 Å². The second-order valence-corrected chi connectivity index (χ2v) is 4.60. The first-order valence-electron chi connectivity index (χ1n) is 4.78. The molecule has 0 radical (unpaired) electrons. The zero-order valence-corrected chi connectivity index (χ0v) is 8.81. The number of hydrogen-bond acceptors (Lipinski definition) is 4. The van der Waals surface area contributed by atoms with Crippen LogP contribution in [0.2, 0.25) is 0 Å². The van der Waals surface area contributed by atoms with E-state index in [9.17, 15) is 0 Å². The van der Waals surface area contributed by atoms with Gasteiger partial charge in [0.2, 0.25) is 0 Å². The molecule has 1 aliphatic heterocycles. The quantitative estimate of drug-likeness (QED) is 0.582. The summed E-state index contributed by atoms with van der Waals surface area (Å²) in [5.74, 6) is 0.210. The van der Waals surface area contributed by atoms with E-state index in [2.05, 4.69) is 9.88 Å². The molecule has 0 atom stereocenters. The Hall–Kier alpha value is -1.10. The van der Waals surface area contributed by atoms with Crippen LogP contribution in [0.3, 0.4) is 0 Å². The zero-order valence-electron chi connectivity index (χ0n) is 7.99. The third-order valence-electron chi connectivity index (χ3n) is 2.28. The summed E-state index contributed by atoms with van der Waals surface area (Å²) in [5.41, 5.74) is 5.34. The first kappa shape index (κ1) is 9.45. The number of nitrogens with zero attached hydrogens (tertiary/aromatic N) is 2. The van der Waals surface area contributed by atoms with Crippen LogP contribution in [0.15, 0.2) is 6.20 Å². The van der Waals surface area contributed by atoms with Crippen molar-refractivity contribution in [3.63, 3.8) is 0 Å². The van der Waals surface area contributed by atoms with Gasteiger partial charge in [0, 0.05) is 30.6 Å². The lowest BCUT2D eigenvalue weighted by atomic mass is 10.4. The molecule has 5 heteroatoms. The first-order valence-corrected chi connectivity index (χ1v) is 5.60. The topological polar surface area (TPSA) is 66.0 Å². The summed E-state index contributed by atoms with van der Waals surface area (Å²) >= 11 is 1.65. The van der Waals surface area contributed by atoms with Crippen LogP contribution in [0, 0.1) is 5.41 Å². The Morgan fingerprint density at radius 2 is 2.29 bits per heavy atom. The van der Waals surface area contributed by atoms with E-state index in [4.69, 9.17) is 11.1 Å². The molecule has 0 aliphatic carbocycles. The van der Waals surface area contributed by atoms with Gasteiger partial charge in [0.15, 0.2) is 5.13 Å². The molecule has 4 nitrogen and oxygen atoms in total. The Morgan fingerprint density at radius 3 is 2.93 bits per heavy atom. The summed E-state index contributed by atoms with van der Waals surface area (Å²) in [6.07, 6.45) is 4.90. The smallest absolute Gasteiger partial charge is 0.185 e. The number of anilines is 1. The first-order chi connectivity index (χ1) is 6.75. The second-order valence-electron chi connectivity index (χ2n) is 3.51. The maximum absolute atomic E-state index is 7.19. The molecular weight excluding hydrogens is 196 g/mol. The van der Waals surface area contributed by atoms with Gasteiger partial charge >= 0.3 is 0 Å². The van der Waals surface area contributed by atoms with Crippen molar-refractivity contribution in [2.75, 3.05) is 18.0 Å². The summed E-state index contributed by atoms with van der Waals surface area (Å²) in [5, 5.41) is 8.28. The van der Waals surface area contributed by atoms with Gasteiger partial charge in [-0.1, -0.05) is 0 Å². The largest absolute Gasteiger partial charge is 0.387 e. The minimum absolute atomic E-state index is 0.210. The molecular formula is C9H14N4S. The van der Waals surface area contributed by atoms with Gasteiger partial charge in [-0.2, -0.15) is 0 Å². The Labute approximate surface area is 87.3 Å². The summed E-state index contributed by atoms with van der Waals surface area (Å²) in [6.45, 7) is 2.24. The predicted octanol–water partition coefficient (Wildman–Crippen LogP) is 1.22. The highest BCUT2D eigenvalue weighted by Gasteiger charge is 2.15. The molecule has 0 aromatic carbocycles. The van der Waals surface area contributed by atoms with Crippen molar-refractivity contribution < 1.29 is 0 Å². The second kappa shape index (κ2) is 3.96. The maximum atomic E-state index is 7.19. The van der Waals surface area contributed by atoms with Gasteiger partial charge < -0.3 is 10.6 Å². The van der Waals surface area contributed by atoms with Crippen LogP contribution >= 0.6 is 11.3 Å². The summed E-state index contributed by atoms with van der Waals surface area (Å²) in [7, 11) is 0.